The molecule has 35 heavy (non-hydrogen) atoms. The van der Waals surface area contributed by atoms with Crippen LogP contribution < -0.4 is 0 Å². The van der Waals surface area contributed by atoms with Gasteiger partial charge in [0.05, 0.1) is 11.3 Å². The second-order valence-corrected chi connectivity index (χ2v) is 11.8. The molecule has 0 aliphatic heterocycles. The van der Waals surface area contributed by atoms with Gasteiger partial charge in [-0.3, -0.25) is 14.4 Å². The number of fused-ring (bicyclic) bond motifs is 3. The lowest BCUT2D eigenvalue weighted by molar-refractivity contribution is -0.203. The number of ether oxygens (including phenoxy) is 2. The predicted molar refractivity (Wildman–Crippen MR) is 129 cm³/mol. The summed E-state index contributed by atoms with van der Waals surface area (Å²) in [6.45, 7) is 13.1. The monoisotopic (exact) mass is 488 g/mol. The van der Waals surface area contributed by atoms with Gasteiger partial charge in [-0.25, -0.2) is 0 Å². The molecule has 7 heteroatoms. The van der Waals surface area contributed by atoms with E-state index in [1.807, 2.05) is 13.8 Å². The fourth-order valence-corrected chi connectivity index (χ4v) is 7.26. The highest BCUT2D eigenvalue weighted by atomic mass is 16.6. The lowest BCUT2D eigenvalue weighted by Crippen LogP contribution is -2.65. The van der Waals surface area contributed by atoms with Crippen molar-refractivity contribution in [2.24, 2.45) is 40.4 Å². The number of aliphatic hydroxyl groups excluding tert-OH is 1. The van der Waals surface area contributed by atoms with E-state index in [-0.39, 0.29) is 47.9 Å². The zero-order valence-corrected chi connectivity index (χ0v) is 22.0. The molecular formula is C28H40O7. The number of esters is 2. The van der Waals surface area contributed by atoms with Crippen LogP contribution >= 0.6 is 0 Å². The molecule has 0 aromatic rings. The maximum atomic E-state index is 14.4. The van der Waals surface area contributed by atoms with Crippen LogP contribution in [0.5, 0.6) is 0 Å². The molecule has 0 unspecified atom stereocenters. The minimum absolute atomic E-state index is 0.0515. The SMILES string of the molecule is CCC(=O)O[C@H]1C(C)=C[C@]23C(=O)[C@@H](C=C(COC(=O)[C@@H](C)CC)[C@@H](O)[C@]12O)[C@H]1[C@@H](C[C@H]3C)C1(C)C. The lowest BCUT2D eigenvalue weighted by Gasteiger charge is -2.48. The van der Waals surface area contributed by atoms with Crippen LogP contribution in [0.3, 0.4) is 0 Å². The number of hydrogen-bond acceptors (Lipinski definition) is 7. The van der Waals surface area contributed by atoms with Gasteiger partial charge >= 0.3 is 11.9 Å². The van der Waals surface area contributed by atoms with Crippen molar-refractivity contribution in [3.63, 3.8) is 0 Å². The summed E-state index contributed by atoms with van der Waals surface area (Å²) in [7, 11) is 0. The Morgan fingerprint density at radius 1 is 1.26 bits per heavy atom. The molecule has 0 aromatic heterocycles. The van der Waals surface area contributed by atoms with Gasteiger partial charge in [0.25, 0.3) is 0 Å². The number of Topliss-reactive ketones (excluding diaryl/α,β-unsaturated/α-hetero) is 1. The minimum Gasteiger partial charge on any atom is -0.461 e. The standard InChI is InChI=1S/C28H40O7/c1-8-14(3)25(32)34-13-17-11-18-21-19(26(21,6)7)10-16(5)27(23(18)31)12-15(4)24(35-20(29)9-2)28(27,33)22(17)30/h11-12,14,16,18-19,21-22,24,30,33H,8-10,13H2,1-7H3/t14-,16+,18-,19+,21-,22+,24-,27-,28-/m0/s1. The maximum Gasteiger partial charge on any atom is 0.308 e. The van der Waals surface area contributed by atoms with Crippen LogP contribution in [0.1, 0.15) is 67.7 Å². The third-order valence-corrected chi connectivity index (χ3v) is 9.65. The number of aliphatic hydroxyl groups is 2. The first-order valence-electron chi connectivity index (χ1n) is 13.0. The van der Waals surface area contributed by atoms with Crippen LogP contribution in [0.15, 0.2) is 23.3 Å². The number of carbonyl (C=O) groups is 3. The Morgan fingerprint density at radius 3 is 2.51 bits per heavy atom. The van der Waals surface area contributed by atoms with Crippen molar-refractivity contribution < 1.29 is 34.1 Å². The van der Waals surface area contributed by atoms with Crippen molar-refractivity contribution in [1.29, 1.82) is 0 Å². The van der Waals surface area contributed by atoms with Gasteiger partial charge in [-0.15, -0.1) is 0 Å². The zero-order chi connectivity index (χ0) is 26.1. The first-order chi connectivity index (χ1) is 16.3. The van der Waals surface area contributed by atoms with Crippen molar-refractivity contribution >= 4 is 17.7 Å². The van der Waals surface area contributed by atoms with Crippen molar-refractivity contribution in [2.75, 3.05) is 6.61 Å². The van der Waals surface area contributed by atoms with Gasteiger partial charge < -0.3 is 19.7 Å². The van der Waals surface area contributed by atoms with Crippen LogP contribution in [0, 0.1) is 40.4 Å². The molecule has 2 saturated carbocycles. The molecule has 4 rings (SSSR count). The predicted octanol–water partition coefficient (Wildman–Crippen LogP) is 3.37. The number of hydrogen-bond donors (Lipinski definition) is 2. The van der Waals surface area contributed by atoms with E-state index in [0.717, 1.165) is 6.42 Å². The van der Waals surface area contributed by atoms with Crippen LogP contribution in [0.4, 0.5) is 0 Å². The van der Waals surface area contributed by atoms with Crippen LogP contribution in [-0.2, 0) is 23.9 Å². The molecule has 9 atom stereocenters. The molecule has 0 heterocycles. The third-order valence-electron chi connectivity index (χ3n) is 9.65. The molecule has 0 amide bonds. The average Bonchev–Trinajstić information content (AvgIpc) is 3.31. The molecule has 0 radical (unpaired) electrons. The topological polar surface area (TPSA) is 110 Å². The van der Waals surface area contributed by atoms with E-state index in [1.54, 1.807) is 32.9 Å². The van der Waals surface area contributed by atoms with E-state index in [9.17, 15) is 24.6 Å². The van der Waals surface area contributed by atoms with Crippen LogP contribution in [0.2, 0.25) is 0 Å². The van der Waals surface area contributed by atoms with Crippen molar-refractivity contribution in [3.8, 4) is 0 Å². The molecule has 0 aromatic carbocycles. The zero-order valence-electron chi connectivity index (χ0n) is 22.0. The number of ketones is 1. The molecule has 4 aliphatic rings. The Bertz CT molecular complexity index is 993. The lowest BCUT2D eigenvalue weighted by atomic mass is 9.59. The summed E-state index contributed by atoms with van der Waals surface area (Å²) < 4.78 is 11.2. The molecule has 4 aliphatic carbocycles. The number of allylic oxidation sites excluding steroid dienone is 1. The molecule has 194 valence electrons. The highest BCUT2D eigenvalue weighted by Gasteiger charge is 2.76. The highest BCUT2D eigenvalue weighted by molar-refractivity contribution is 5.95. The van der Waals surface area contributed by atoms with Gasteiger partial charge in [0.1, 0.15) is 12.7 Å². The second-order valence-electron chi connectivity index (χ2n) is 11.8. The summed E-state index contributed by atoms with van der Waals surface area (Å²) in [5.74, 6) is -1.85. The van der Waals surface area contributed by atoms with Gasteiger partial charge in [0.2, 0.25) is 0 Å². The number of rotatable bonds is 6. The Hall–Kier alpha value is -1.99. The van der Waals surface area contributed by atoms with E-state index >= 15 is 0 Å². The summed E-state index contributed by atoms with van der Waals surface area (Å²) in [5.41, 5.74) is -2.71. The molecule has 2 N–H and O–H groups in total. The average molecular weight is 489 g/mol. The molecule has 1 spiro atoms. The van der Waals surface area contributed by atoms with Gasteiger partial charge in [0.15, 0.2) is 17.5 Å². The fraction of sp³-hybridized carbons (Fsp3) is 0.750. The summed E-state index contributed by atoms with van der Waals surface area (Å²) in [4.78, 5) is 39.2. The van der Waals surface area contributed by atoms with Gasteiger partial charge in [-0.1, -0.05) is 53.7 Å². The molecular weight excluding hydrogens is 448 g/mol. The first-order valence-corrected chi connectivity index (χ1v) is 13.0. The largest absolute Gasteiger partial charge is 0.461 e. The van der Waals surface area contributed by atoms with E-state index in [0.29, 0.717) is 17.6 Å². The summed E-state index contributed by atoms with van der Waals surface area (Å²) in [6.07, 6.45) is 2.20. The maximum absolute atomic E-state index is 14.4. The van der Waals surface area contributed by atoms with E-state index in [1.165, 1.54) is 0 Å². The van der Waals surface area contributed by atoms with E-state index < -0.39 is 41.1 Å². The first kappa shape index (κ1) is 26.1. The van der Waals surface area contributed by atoms with Crippen LogP contribution in [0.25, 0.3) is 0 Å². The number of carbonyl (C=O) groups excluding carboxylic acids is 3. The normalized spacial score (nSPS) is 41.9. The Labute approximate surface area is 207 Å². The molecule has 2 bridgehead atoms. The molecule has 0 saturated heterocycles. The third kappa shape index (κ3) is 3.48. The van der Waals surface area contributed by atoms with Crippen molar-refractivity contribution in [3.05, 3.63) is 23.3 Å². The summed E-state index contributed by atoms with van der Waals surface area (Å²) in [5, 5.41) is 24.2. The van der Waals surface area contributed by atoms with Crippen LogP contribution in [-0.4, -0.2) is 52.4 Å². The van der Waals surface area contributed by atoms with E-state index in [4.69, 9.17) is 9.47 Å². The minimum atomic E-state index is -2.09. The molecule has 7 nitrogen and oxygen atoms in total. The summed E-state index contributed by atoms with van der Waals surface area (Å²) in [6, 6.07) is 0. The molecule has 2 fully saturated rings. The van der Waals surface area contributed by atoms with Crippen molar-refractivity contribution in [2.45, 2.75) is 85.5 Å². The van der Waals surface area contributed by atoms with Gasteiger partial charge in [-0.05, 0) is 54.1 Å². The fourth-order valence-electron chi connectivity index (χ4n) is 7.26. The Morgan fingerprint density at radius 2 is 1.91 bits per heavy atom. The smallest absolute Gasteiger partial charge is 0.308 e. The van der Waals surface area contributed by atoms with Crippen molar-refractivity contribution in [1.82, 2.24) is 0 Å². The quantitative estimate of drug-likeness (QED) is 0.436. The van der Waals surface area contributed by atoms with E-state index in [2.05, 4.69) is 13.8 Å². The second kappa shape index (κ2) is 8.55. The van der Waals surface area contributed by atoms with Gasteiger partial charge in [-0.2, -0.15) is 0 Å². The summed E-state index contributed by atoms with van der Waals surface area (Å²) >= 11 is 0. The Balaban J connectivity index is 1.85. The van der Waals surface area contributed by atoms with Gasteiger partial charge in [0, 0.05) is 12.3 Å². The Kier molecular flexibility index (Phi) is 6.37. The highest BCUT2D eigenvalue weighted by Crippen LogP contribution is 2.71.